The first-order valence-corrected chi connectivity index (χ1v) is 12.5. The Morgan fingerprint density at radius 2 is 1.71 bits per heavy atom. The second-order valence-corrected chi connectivity index (χ2v) is 10.7. The van der Waals surface area contributed by atoms with Gasteiger partial charge in [0.25, 0.3) is 0 Å². The third-order valence-corrected chi connectivity index (χ3v) is 6.89. The molecule has 0 radical (unpaired) electrons. The maximum atomic E-state index is 13.8. The molecular weight excluding hydrogens is 520 g/mol. The van der Waals surface area contributed by atoms with Crippen molar-refractivity contribution in [3.8, 4) is 5.75 Å². The van der Waals surface area contributed by atoms with Crippen molar-refractivity contribution < 1.29 is 27.8 Å². The molecule has 0 bridgehead atoms. The lowest BCUT2D eigenvalue weighted by atomic mass is 9.94. The Labute approximate surface area is 212 Å². The number of ether oxygens (including phenoxy) is 2. The quantitative estimate of drug-likeness (QED) is 0.416. The van der Waals surface area contributed by atoms with Crippen molar-refractivity contribution in [3.05, 3.63) is 69.2 Å². The summed E-state index contributed by atoms with van der Waals surface area (Å²) in [6.45, 7) is 7.39. The summed E-state index contributed by atoms with van der Waals surface area (Å²) >= 11 is 3.30. The van der Waals surface area contributed by atoms with Gasteiger partial charge < -0.3 is 14.4 Å². The molecule has 0 spiro atoms. The number of carbonyl (C=O) groups is 2. The van der Waals surface area contributed by atoms with Crippen LogP contribution < -0.4 is 4.74 Å². The molecule has 2 aromatic rings. The molecule has 1 aliphatic carbocycles. The summed E-state index contributed by atoms with van der Waals surface area (Å²) in [6.07, 6.45) is 2.34. The Hall–Kier alpha value is -2.74. The molecule has 4 rings (SSSR count). The molecular formula is C27H28BrF2NO4. The molecule has 1 amide bonds. The van der Waals surface area contributed by atoms with E-state index in [2.05, 4.69) is 15.9 Å². The SMILES string of the molecule is CC(C)(C)OC(=O)N1CCC(CCOc2ccc3c(c2)C(=O)C(Br)=C3c2cc(F)cc(F)c2)CC1. The topological polar surface area (TPSA) is 55.8 Å². The first-order valence-electron chi connectivity index (χ1n) is 11.7. The molecule has 5 nitrogen and oxygen atoms in total. The molecule has 2 aliphatic rings. The highest BCUT2D eigenvalue weighted by Gasteiger charge is 2.30. The number of likely N-dealkylation sites (tertiary alicyclic amines) is 1. The monoisotopic (exact) mass is 547 g/mol. The van der Waals surface area contributed by atoms with Crippen LogP contribution in [0.3, 0.4) is 0 Å². The summed E-state index contributed by atoms with van der Waals surface area (Å²) in [7, 11) is 0. The molecule has 0 unspecified atom stereocenters. The van der Waals surface area contributed by atoms with E-state index in [1.165, 1.54) is 12.1 Å². The average Bonchev–Trinajstić information content (AvgIpc) is 3.02. The Morgan fingerprint density at radius 3 is 2.34 bits per heavy atom. The van der Waals surface area contributed by atoms with Crippen molar-refractivity contribution in [1.82, 2.24) is 4.90 Å². The third kappa shape index (κ3) is 5.92. The lowest BCUT2D eigenvalue weighted by Gasteiger charge is -2.33. The fourth-order valence-corrected chi connectivity index (χ4v) is 5.08. The van der Waals surface area contributed by atoms with Crippen molar-refractivity contribution in [1.29, 1.82) is 0 Å². The van der Waals surface area contributed by atoms with E-state index in [1.54, 1.807) is 23.1 Å². The van der Waals surface area contributed by atoms with Crippen molar-refractivity contribution in [2.75, 3.05) is 19.7 Å². The molecule has 1 fully saturated rings. The fraction of sp³-hybridized carbons (Fsp3) is 0.407. The molecule has 1 heterocycles. The number of Topliss-reactive ketones (excluding diaryl/α,β-unsaturated/α-hetero) is 1. The van der Waals surface area contributed by atoms with Crippen molar-refractivity contribution in [3.63, 3.8) is 0 Å². The smallest absolute Gasteiger partial charge is 0.410 e. The number of halogens is 3. The molecule has 0 atom stereocenters. The summed E-state index contributed by atoms with van der Waals surface area (Å²) in [5, 5.41) is 0. The van der Waals surface area contributed by atoms with Crippen LogP contribution in [0.5, 0.6) is 5.75 Å². The molecule has 2 aromatic carbocycles. The maximum Gasteiger partial charge on any atom is 0.410 e. The fourth-order valence-electron chi connectivity index (χ4n) is 4.42. The Bertz CT molecular complexity index is 1160. The van der Waals surface area contributed by atoms with E-state index in [4.69, 9.17) is 9.47 Å². The largest absolute Gasteiger partial charge is 0.494 e. The molecule has 1 saturated heterocycles. The number of rotatable bonds is 5. The summed E-state index contributed by atoms with van der Waals surface area (Å²) in [5.41, 5.74) is 1.30. The van der Waals surface area contributed by atoms with Crippen LogP contribution in [0.15, 0.2) is 40.9 Å². The number of benzene rings is 2. The maximum absolute atomic E-state index is 13.8. The summed E-state index contributed by atoms with van der Waals surface area (Å²) < 4.78 is 39.2. The number of nitrogens with zero attached hydrogens (tertiary/aromatic N) is 1. The Kier molecular flexibility index (Phi) is 7.31. The van der Waals surface area contributed by atoms with E-state index in [-0.39, 0.29) is 16.4 Å². The standard InChI is InChI=1S/C27H28BrF2NO4/c1-27(2,3)35-26(33)31-9-6-16(7-10-31)8-11-34-20-4-5-21-22(15-20)25(32)24(28)23(21)17-12-18(29)14-19(30)13-17/h4-5,12-16H,6-11H2,1-3H3. The van der Waals surface area contributed by atoms with Crippen LogP contribution in [-0.4, -0.2) is 42.1 Å². The van der Waals surface area contributed by atoms with Crippen LogP contribution in [0.25, 0.3) is 5.57 Å². The van der Waals surface area contributed by atoms with Gasteiger partial charge in [-0.3, -0.25) is 4.79 Å². The highest BCUT2D eigenvalue weighted by Crippen LogP contribution is 2.41. The number of fused-ring (bicyclic) bond motifs is 1. The number of allylic oxidation sites excluding steroid dienone is 1. The zero-order chi connectivity index (χ0) is 25.3. The molecule has 0 N–H and O–H groups in total. The van der Waals surface area contributed by atoms with Crippen LogP contribution in [0, 0.1) is 17.6 Å². The van der Waals surface area contributed by atoms with E-state index in [0.717, 1.165) is 25.3 Å². The van der Waals surface area contributed by atoms with E-state index >= 15 is 0 Å². The van der Waals surface area contributed by atoms with Gasteiger partial charge in [0, 0.05) is 30.3 Å². The normalized spacial score (nSPS) is 16.5. The first kappa shape index (κ1) is 25.4. The third-order valence-electron chi connectivity index (χ3n) is 6.14. The number of ketones is 1. The average molecular weight is 548 g/mol. The summed E-state index contributed by atoms with van der Waals surface area (Å²) in [6, 6.07) is 8.40. The van der Waals surface area contributed by atoms with E-state index in [1.807, 2.05) is 20.8 Å². The lowest BCUT2D eigenvalue weighted by molar-refractivity contribution is 0.0177. The molecule has 8 heteroatoms. The highest BCUT2D eigenvalue weighted by molar-refractivity contribution is 9.12. The minimum atomic E-state index is -0.703. The van der Waals surface area contributed by atoms with Crippen LogP contribution in [0.4, 0.5) is 13.6 Å². The molecule has 186 valence electrons. The van der Waals surface area contributed by atoms with Crippen LogP contribution in [0.2, 0.25) is 0 Å². The Balaban J connectivity index is 1.34. The van der Waals surface area contributed by atoms with Gasteiger partial charge in [0.2, 0.25) is 5.78 Å². The van der Waals surface area contributed by atoms with Crippen molar-refractivity contribution in [2.24, 2.45) is 5.92 Å². The van der Waals surface area contributed by atoms with Gasteiger partial charge in [-0.15, -0.1) is 0 Å². The van der Waals surface area contributed by atoms with Crippen LogP contribution >= 0.6 is 15.9 Å². The minimum absolute atomic E-state index is 0.250. The van der Waals surface area contributed by atoms with E-state index < -0.39 is 17.2 Å². The minimum Gasteiger partial charge on any atom is -0.494 e. The van der Waals surface area contributed by atoms with Gasteiger partial charge in [0.1, 0.15) is 23.0 Å². The number of hydrogen-bond donors (Lipinski definition) is 0. The second kappa shape index (κ2) is 10.1. The lowest BCUT2D eigenvalue weighted by Crippen LogP contribution is -2.41. The number of hydrogen-bond acceptors (Lipinski definition) is 4. The predicted octanol–water partition coefficient (Wildman–Crippen LogP) is 6.73. The van der Waals surface area contributed by atoms with Crippen LogP contribution in [0.1, 0.15) is 61.5 Å². The number of amides is 1. The van der Waals surface area contributed by atoms with Gasteiger partial charge in [0.05, 0.1) is 11.1 Å². The highest BCUT2D eigenvalue weighted by atomic mass is 79.9. The number of carbonyl (C=O) groups excluding carboxylic acids is 2. The zero-order valence-corrected chi connectivity index (χ0v) is 21.6. The van der Waals surface area contributed by atoms with E-state index in [9.17, 15) is 18.4 Å². The van der Waals surface area contributed by atoms with E-state index in [0.29, 0.717) is 53.6 Å². The first-order chi connectivity index (χ1) is 16.5. The Morgan fingerprint density at radius 1 is 1.06 bits per heavy atom. The van der Waals surface area contributed by atoms with Gasteiger partial charge in [-0.1, -0.05) is 0 Å². The number of piperidine rings is 1. The predicted molar refractivity (Wildman–Crippen MR) is 133 cm³/mol. The summed E-state index contributed by atoms with van der Waals surface area (Å²) in [5.74, 6) is -0.652. The van der Waals surface area contributed by atoms with Crippen LogP contribution in [-0.2, 0) is 4.74 Å². The molecule has 35 heavy (non-hydrogen) atoms. The van der Waals surface area contributed by atoms with Gasteiger partial charge in [-0.2, -0.15) is 0 Å². The van der Waals surface area contributed by atoms with Gasteiger partial charge >= 0.3 is 6.09 Å². The second-order valence-electron chi connectivity index (χ2n) is 9.93. The zero-order valence-electron chi connectivity index (χ0n) is 20.0. The molecule has 0 aromatic heterocycles. The van der Waals surface area contributed by atoms with Gasteiger partial charge in [0.15, 0.2) is 0 Å². The molecule has 1 aliphatic heterocycles. The van der Waals surface area contributed by atoms with Crippen molar-refractivity contribution in [2.45, 2.75) is 45.6 Å². The van der Waals surface area contributed by atoms with Crippen molar-refractivity contribution >= 4 is 33.4 Å². The molecule has 0 saturated carbocycles. The van der Waals surface area contributed by atoms with Gasteiger partial charge in [-0.25, -0.2) is 13.6 Å². The van der Waals surface area contributed by atoms with Gasteiger partial charge in [-0.05, 0) is 103 Å². The summed E-state index contributed by atoms with van der Waals surface area (Å²) in [4.78, 5) is 26.8.